The number of amides is 2. The van der Waals surface area contributed by atoms with Gasteiger partial charge in [0.15, 0.2) is 0 Å². The summed E-state index contributed by atoms with van der Waals surface area (Å²) in [6.07, 6.45) is 6.51. The average molecular weight is 314 g/mol. The van der Waals surface area contributed by atoms with E-state index in [1.54, 1.807) is 11.8 Å². The molecule has 1 unspecified atom stereocenters. The molecule has 1 atom stereocenters. The summed E-state index contributed by atoms with van der Waals surface area (Å²) in [5, 5.41) is 0. The molecular formula is C19H26N2O2. The van der Waals surface area contributed by atoms with Crippen LogP contribution in [0.5, 0.6) is 0 Å². The highest BCUT2D eigenvalue weighted by molar-refractivity contribution is 5.98. The fourth-order valence-corrected chi connectivity index (χ4v) is 4.06. The predicted octanol–water partition coefficient (Wildman–Crippen LogP) is 3.15. The van der Waals surface area contributed by atoms with Gasteiger partial charge in [-0.15, -0.1) is 0 Å². The number of hydrogen-bond acceptors (Lipinski definition) is 2. The van der Waals surface area contributed by atoms with Gasteiger partial charge >= 0.3 is 0 Å². The van der Waals surface area contributed by atoms with Crippen molar-refractivity contribution in [3.63, 3.8) is 0 Å². The van der Waals surface area contributed by atoms with E-state index in [4.69, 9.17) is 0 Å². The molecule has 0 aromatic heterocycles. The number of anilines is 1. The third kappa shape index (κ3) is 3.26. The zero-order valence-corrected chi connectivity index (χ0v) is 14.1. The minimum Gasteiger partial charge on any atom is -0.331 e. The Morgan fingerprint density at radius 3 is 2.57 bits per heavy atom. The van der Waals surface area contributed by atoms with Crippen LogP contribution in [-0.2, 0) is 16.0 Å². The molecule has 0 bridgehead atoms. The van der Waals surface area contributed by atoms with E-state index in [-0.39, 0.29) is 30.4 Å². The maximum atomic E-state index is 12.9. The zero-order valence-electron chi connectivity index (χ0n) is 14.1. The van der Waals surface area contributed by atoms with Crippen molar-refractivity contribution >= 4 is 17.5 Å². The Bertz CT molecular complexity index is 593. The van der Waals surface area contributed by atoms with Crippen molar-refractivity contribution in [3.05, 3.63) is 29.8 Å². The van der Waals surface area contributed by atoms with Gasteiger partial charge in [-0.1, -0.05) is 37.5 Å². The molecule has 3 rings (SSSR count). The topological polar surface area (TPSA) is 40.6 Å². The molecule has 2 aliphatic rings. The van der Waals surface area contributed by atoms with Crippen molar-refractivity contribution in [3.8, 4) is 0 Å². The Morgan fingerprint density at radius 1 is 1.17 bits per heavy atom. The molecule has 1 aromatic carbocycles. The second kappa shape index (κ2) is 6.73. The molecule has 1 fully saturated rings. The number of benzene rings is 1. The largest absolute Gasteiger partial charge is 0.331 e. The molecule has 4 heteroatoms. The van der Waals surface area contributed by atoms with Crippen LogP contribution in [0.4, 0.5) is 5.69 Å². The number of fused-ring (bicyclic) bond motifs is 1. The molecule has 124 valence electrons. The summed E-state index contributed by atoms with van der Waals surface area (Å²) < 4.78 is 0. The summed E-state index contributed by atoms with van der Waals surface area (Å²) in [6.45, 7) is 3.87. The van der Waals surface area contributed by atoms with Gasteiger partial charge in [-0.2, -0.15) is 0 Å². The summed E-state index contributed by atoms with van der Waals surface area (Å²) in [7, 11) is 0. The minimum atomic E-state index is 0.0189. The third-order valence-corrected chi connectivity index (χ3v) is 5.20. The monoisotopic (exact) mass is 314 g/mol. The third-order valence-electron chi connectivity index (χ3n) is 5.20. The molecule has 2 amide bonds. The van der Waals surface area contributed by atoms with Crippen molar-refractivity contribution in [2.75, 3.05) is 11.4 Å². The molecule has 4 nitrogen and oxygen atoms in total. The molecule has 0 radical (unpaired) electrons. The van der Waals surface area contributed by atoms with Crippen molar-refractivity contribution in [1.29, 1.82) is 0 Å². The quantitative estimate of drug-likeness (QED) is 0.860. The van der Waals surface area contributed by atoms with E-state index in [1.807, 2.05) is 23.1 Å². The summed E-state index contributed by atoms with van der Waals surface area (Å²) in [6, 6.07) is 8.49. The lowest BCUT2D eigenvalue weighted by molar-refractivity contribution is -0.136. The standard InChI is InChI=1S/C19H26N2O2/c1-14-12-16-8-6-7-11-18(16)21(14)19(23)13-20(15(2)22)17-9-4-3-5-10-17/h6-8,11,14,17H,3-5,9-10,12-13H2,1-2H3. The lowest BCUT2D eigenvalue weighted by atomic mass is 9.94. The van der Waals surface area contributed by atoms with E-state index < -0.39 is 0 Å². The van der Waals surface area contributed by atoms with Crippen LogP contribution in [0.1, 0.15) is 51.5 Å². The van der Waals surface area contributed by atoms with Crippen molar-refractivity contribution in [2.45, 2.75) is 64.5 Å². The van der Waals surface area contributed by atoms with Gasteiger partial charge < -0.3 is 9.80 Å². The normalized spacial score (nSPS) is 21.1. The number of rotatable bonds is 3. The Hall–Kier alpha value is -1.84. The molecule has 0 N–H and O–H groups in total. The van der Waals surface area contributed by atoms with Gasteiger partial charge in [0.2, 0.25) is 11.8 Å². The van der Waals surface area contributed by atoms with Crippen LogP contribution in [0.3, 0.4) is 0 Å². The molecule has 1 aromatic rings. The number of nitrogens with zero attached hydrogens (tertiary/aromatic N) is 2. The summed E-state index contributed by atoms with van der Waals surface area (Å²) in [5.41, 5.74) is 2.23. The second-order valence-corrected chi connectivity index (χ2v) is 6.88. The number of hydrogen-bond donors (Lipinski definition) is 0. The van der Waals surface area contributed by atoms with Crippen LogP contribution in [0.2, 0.25) is 0 Å². The van der Waals surface area contributed by atoms with E-state index in [0.717, 1.165) is 37.8 Å². The van der Waals surface area contributed by atoms with Crippen LogP contribution >= 0.6 is 0 Å². The van der Waals surface area contributed by atoms with Gasteiger partial charge in [-0.05, 0) is 37.8 Å². The highest BCUT2D eigenvalue weighted by atomic mass is 16.2. The summed E-state index contributed by atoms with van der Waals surface area (Å²) in [4.78, 5) is 28.7. The van der Waals surface area contributed by atoms with Crippen LogP contribution in [-0.4, -0.2) is 35.3 Å². The van der Waals surface area contributed by atoms with E-state index >= 15 is 0 Å². The van der Waals surface area contributed by atoms with E-state index in [1.165, 1.54) is 12.0 Å². The molecular weight excluding hydrogens is 288 g/mol. The fourth-order valence-electron chi connectivity index (χ4n) is 4.06. The lowest BCUT2D eigenvalue weighted by Crippen LogP contribution is -2.48. The van der Waals surface area contributed by atoms with Gasteiger partial charge in [0.05, 0.1) is 0 Å². The van der Waals surface area contributed by atoms with Crippen LogP contribution < -0.4 is 4.90 Å². The van der Waals surface area contributed by atoms with Gasteiger partial charge in [0.25, 0.3) is 0 Å². The Labute approximate surface area is 138 Å². The van der Waals surface area contributed by atoms with E-state index in [0.29, 0.717) is 0 Å². The Morgan fingerprint density at radius 2 is 1.87 bits per heavy atom. The van der Waals surface area contributed by atoms with Gasteiger partial charge in [-0.3, -0.25) is 9.59 Å². The predicted molar refractivity (Wildman–Crippen MR) is 91.4 cm³/mol. The van der Waals surface area contributed by atoms with Crippen molar-refractivity contribution in [1.82, 2.24) is 4.90 Å². The SMILES string of the molecule is CC(=O)N(CC(=O)N1c2ccccc2CC1C)C1CCCCC1. The maximum absolute atomic E-state index is 12.9. The van der Waals surface area contributed by atoms with Crippen molar-refractivity contribution in [2.24, 2.45) is 0 Å². The zero-order chi connectivity index (χ0) is 16.4. The van der Waals surface area contributed by atoms with Gasteiger partial charge in [-0.25, -0.2) is 0 Å². The van der Waals surface area contributed by atoms with Gasteiger partial charge in [0.1, 0.15) is 6.54 Å². The smallest absolute Gasteiger partial charge is 0.246 e. The first kappa shape index (κ1) is 16.0. The Kier molecular flexibility index (Phi) is 4.69. The van der Waals surface area contributed by atoms with Crippen LogP contribution in [0.15, 0.2) is 24.3 Å². The van der Waals surface area contributed by atoms with Crippen LogP contribution in [0.25, 0.3) is 0 Å². The molecule has 1 saturated carbocycles. The summed E-state index contributed by atoms with van der Waals surface area (Å²) >= 11 is 0. The Balaban J connectivity index is 1.75. The van der Waals surface area contributed by atoms with E-state index in [9.17, 15) is 9.59 Å². The minimum absolute atomic E-state index is 0.0189. The highest BCUT2D eigenvalue weighted by Gasteiger charge is 2.33. The molecule has 1 heterocycles. The van der Waals surface area contributed by atoms with Gasteiger partial charge in [0, 0.05) is 24.7 Å². The second-order valence-electron chi connectivity index (χ2n) is 6.88. The molecule has 0 saturated heterocycles. The first-order valence-electron chi connectivity index (χ1n) is 8.75. The molecule has 0 spiro atoms. The maximum Gasteiger partial charge on any atom is 0.246 e. The van der Waals surface area contributed by atoms with Crippen LogP contribution in [0, 0.1) is 0 Å². The van der Waals surface area contributed by atoms with E-state index in [2.05, 4.69) is 13.0 Å². The average Bonchev–Trinajstić information content (AvgIpc) is 2.88. The first-order chi connectivity index (χ1) is 11.1. The molecule has 23 heavy (non-hydrogen) atoms. The first-order valence-corrected chi connectivity index (χ1v) is 8.75. The lowest BCUT2D eigenvalue weighted by Gasteiger charge is -2.35. The highest BCUT2D eigenvalue weighted by Crippen LogP contribution is 2.32. The number of para-hydroxylation sites is 1. The number of carbonyl (C=O) groups is 2. The molecule has 1 aliphatic carbocycles. The fraction of sp³-hybridized carbons (Fsp3) is 0.579. The summed E-state index contributed by atoms with van der Waals surface area (Å²) in [5.74, 6) is 0.0635. The number of carbonyl (C=O) groups excluding carboxylic acids is 2. The van der Waals surface area contributed by atoms with Crippen molar-refractivity contribution < 1.29 is 9.59 Å². The molecule has 1 aliphatic heterocycles.